The molecule has 0 aromatic heterocycles. The van der Waals surface area contributed by atoms with Crippen LogP contribution in [0, 0.1) is 5.92 Å². The Morgan fingerprint density at radius 3 is 2.56 bits per heavy atom. The topological polar surface area (TPSA) is 55.1 Å². The van der Waals surface area contributed by atoms with Crippen molar-refractivity contribution in [3.63, 3.8) is 0 Å². The molecule has 0 spiro atoms. The second kappa shape index (κ2) is 7.49. The summed E-state index contributed by atoms with van der Waals surface area (Å²) in [7, 11) is 0. The van der Waals surface area contributed by atoms with E-state index in [1.807, 2.05) is 6.92 Å². The van der Waals surface area contributed by atoms with E-state index in [1.165, 1.54) is 0 Å². The molecule has 1 amide bonds. The fourth-order valence-corrected chi connectivity index (χ4v) is 1.10. The number of nitrogens with one attached hydrogen (secondary N) is 1. The standard InChI is InChI=1S/C10H19F3N2O/c1-8(7-14)3-4-9(16)15-6-2-5-10(11,12)13/h8H,2-7,14H2,1H3,(H,15,16). The summed E-state index contributed by atoms with van der Waals surface area (Å²) < 4.78 is 35.3. The number of nitrogens with two attached hydrogens (primary N) is 1. The van der Waals surface area contributed by atoms with Gasteiger partial charge >= 0.3 is 6.18 Å². The second-order valence-electron chi connectivity index (χ2n) is 3.95. The van der Waals surface area contributed by atoms with Crippen molar-refractivity contribution in [2.24, 2.45) is 11.7 Å². The lowest BCUT2D eigenvalue weighted by Crippen LogP contribution is -2.26. The third kappa shape index (κ3) is 9.76. The summed E-state index contributed by atoms with van der Waals surface area (Å²) in [5, 5.41) is 2.45. The van der Waals surface area contributed by atoms with Crippen LogP contribution < -0.4 is 11.1 Å². The summed E-state index contributed by atoms with van der Waals surface area (Å²) in [6.07, 6.45) is -4.07. The van der Waals surface area contributed by atoms with Crippen molar-refractivity contribution in [3.8, 4) is 0 Å². The highest BCUT2D eigenvalue weighted by atomic mass is 19.4. The third-order valence-electron chi connectivity index (χ3n) is 2.23. The molecule has 1 atom stereocenters. The van der Waals surface area contributed by atoms with Gasteiger partial charge in [0.15, 0.2) is 0 Å². The maximum Gasteiger partial charge on any atom is 0.389 e. The number of carbonyl (C=O) groups excluding carboxylic acids is 1. The van der Waals surface area contributed by atoms with Gasteiger partial charge in [0, 0.05) is 19.4 Å². The predicted molar refractivity (Wildman–Crippen MR) is 55.8 cm³/mol. The Kier molecular flexibility index (Phi) is 7.12. The molecule has 0 saturated carbocycles. The van der Waals surface area contributed by atoms with E-state index in [1.54, 1.807) is 0 Å². The maximum atomic E-state index is 11.8. The molecule has 6 heteroatoms. The van der Waals surface area contributed by atoms with Crippen LogP contribution >= 0.6 is 0 Å². The van der Waals surface area contributed by atoms with Gasteiger partial charge in [-0.05, 0) is 25.3 Å². The van der Waals surface area contributed by atoms with Gasteiger partial charge in [0.05, 0.1) is 0 Å². The van der Waals surface area contributed by atoms with Crippen LogP contribution in [0.2, 0.25) is 0 Å². The Balaban J connectivity index is 3.44. The van der Waals surface area contributed by atoms with E-state index in [9.17, 15) is 18.0 Å². The molecule has 0 aromatic rings. The molecule has 0 heterocycles. The van der Waals surface area contributed by atoms with Gasteiger partial charge in [0.1, 0.15) is 0 Å². The molecule has 3 N–H and O–H groups in total. The van der Waals surface area contributed by atoms with Crippen LogP contribution in [0.15, 0.2) is 0 Å². The summed E-state index contributed by atoms with van der Waals surface area (Å²) in [6.45, 7) is 2.52. The average Bonchev–Trinajstić information content (AvgIpc) is 2.19. The molecule has 0 bridgehead atoms. The van der Waals surface area contributed by atoms with E-state index >= 15 is 0 Å². The number of hydrogen-bond acceptors (Lipinski definition) is 2. The SMILES string of the molecule is CC(CN)CCC(=O)NCCCC(F)(F)F. The Morgan fingerprint density at radius 2 is 2.06 bits per heavy atom. The number of hydrogen-bond donors (Lipinski definition) is 2. The van der Waals surface area contributed by atoms with Crippen molar-refractivity contribution in [2.75, 3.05) is 13.1 Å². The Hall–Kier alpha value is -0.780. The summed E-state index contributed by atoms with van der Waals surface area (Å²) in [5.74, 6) is 0.0587. The fourth-order valence-electron chi connectivity index (χ4n) is 1.10. The first-order valence-electron chi connectivity index (χ1n) is 5.38. The van der Waals surface area contributed by atoms with Gasteiger partial charge in [0.25, 0.3) is 0 Å². The van der Waals surface area contributed by atoms with Gasteiger partial charge in [-0.2, -0.15) is 13.2 Å². The predicted octanol–water partition coefficient (Wildman–Crippen LogP) is 1.82. The quantitative estimate of drug-likeness (QED) is 0.667. The van der Waals surface area contributed by atoms with Crippen molar-refractivity contribution in [2.45, 2.75) is 38.8 Å². The van der Waals surface area contributed by atoms with Crippen LogP contribution in [0.4, 0.5) is 13.2 Å². The van der Waals surface area contributed by atoms with Gasteiger partial charge in [0.2, 0.25) is 5.91 Å². The van der Waals surface area contributed by atoms with Gasteiger partial charge in [-0.1, -0.05) is 6.92 Å². The smallest absolute Gasteiger partial charge is 0.356 e. The maximum absolute atomic E-state index is 11.8. The lowest BCUT2D eigenvalue weighted by molar-refractivity contribution is -0.136. The zero-order valence-electron chi connectivity index (χ0n) is 9.44. The van der Waals surface area contributed by atoms with Gasteiger partial charge < -0.3 is 11.1 Å². The highest BCUT2D eigenvalue weighted by Crippen LogP contribution is 2.20. The Labute approximate surface area is 93.6 Å². The number of rotatable bonds is 7. The minimum Gasteiger partial charge on any atom is -0.356 e. The minimum atomic E-state index is -4.14. The molecule has 0 aliphatic rings. The zero-order chi connectivity index (χ0) is 12.6. The first-order chi connectivity index (χ1) is 7.35. The molecular formula is C10H19F3N2O. The van der Waals surface area contributed by atoms with Crippen molar-refractivity contribution >= 4 is 5.91 Å². The van der Waals surface area contributed by atoms with E-state index in [0.29, 0.717) is 19.4 Å². The van der Waals surface area contributed by atoms with Gasteiger partial charge in [-0.25, -0.2) is 0 Å². The number of amides is 1. The van der Waals surface area contributed by atoms with Crippen LogP contribution in [-0.2, 0) is 4.79 Å². The Morgan fingerprint density at radius 1 is 1.44 bits per heavy atom. The summed E-state index contributed by atoms with van der Waals surface area (Å²) in [5.41, 5.74) is 5.37. The number of halogens is 3. The zero-order valence-corrected chi connectivity index (χ0v) is 9.44. The van der Waals surface area contributed by atoms with Crippen LogP contribution in [0.5, 0.6) is 0 Å². The summed E-state index contributed by atoms with van der Waals surface area (Å²) in [6, 6.07) is 0. The Bertz CT molecular complexity index is 207. The molecule has 0 fully saturated rings. The first kappa shape index (κ1) is 15.2. The minimum absolute atomic E-state index is 0.0678. The molecule has 0 aliphatic carbocycles. The number of alkyl halides is 3. The van der Waals surface area contributed by atoms with E-state index in [4.69, 9.17) is 5.73 Å². The average molecular weight is 240 g/mol. The van der Waals surface area contributed by atoms with E-state index in [-0.39, 0.29) is 24.8 Å². The summed E-state index contributed by atoms with van der Waals surface area (Å²) >= 11 is 0. The molecule has 0 rings (SSSR count). The van der Waals surface area contributed by atoms with Crippen molar-refractivity contribution in [3.05, 3.63) is 0 Å². The van der Waals surface area contributed by atoms with Crippen molar-refractivity contribution in [1.29, 1.82) is 0 Å². The van der Waals surface area contributed by atoms with E-state index in [2.05, 4.69) is 5.32 Å². The van der Waals surface area contributed by atoms with Crippen molar-refractivity contribution < 1.29 is 18.0 Å². The molecule has 0 radical (unpaired) electrons. The second-order valence-corrected chi connectivity index (χ2v) is 3.95. The molecule has 3 nitrogen and oxygen atoms in total. The van der Waals surface area contributed by atoms with Crippen LogP contribution in [0.3, 0.4) is 0 Å². The lowest BCUT2D eigenvalue weighted by Gasteiger charge is -2.09. The van der Waals surface area contributed by atoms with Crippen LogP contribution in [0.25, 0.3) is 0 Å². The van der Waals surface area contributed by atoms with E-state index < -0.39 is 12.6 Å². The normalized spacial score (nSPS) is 13.6. The van der Waals surface area contributed by atoms with Crippen LogP contribution in [-0.4, -0.2) is 25.2 Å². The molecule has 1 unspecified atom stereocenters. The molecule has 96 valence electrons. The monoisotopic (exact) mass is 240 g/mol. The lowest BCUT2D eigenvalue weighted by atomic mass is 10.1. The van der Waals surface area contributed by atoms with Crippen molar-refractivity contribution in [1.82, 2.24) is 5.32 Å². The highest BCUT2D eigenvalue weighted by molar-refractivity contribution is 5.75. The molecular weight excluding hydrogens is 221 g/mol. The fraction of sp³-hybridized carbons (Fsp3) is 0.900. The van der Waals surface area contributed by atoms with Gasteiger partial charge in [-0.3, -0.25) is 4.79 Å². The van der Waals surface area contributed by atoms with Gasteiger partial charge in [-0.15, -0.1) is 0 Å². The molecule has 0 aromatic carbocycles. The summed E-state index contributed by atoms with van der Waals surface area (Å²) in [4.78, 5) is 11.2. The first-order valence-corrected chi connectivity index (χ1v) is 5.38. The van der Waals surface area contributed by atoms with E-state index in [0.717, 1.165) is 0 Å². The largest absolute Gasteiger partial charge is 0.389 e. The third-order valence-corrected chi connectivity index (χ3v) is 2.23. The highest BCUT2D eigenvalue weighted by Gasteiger charge is 2.25. The number of carbonyl (C=O) groups is 1. The molecule has 16 heavy (non-hydrogen) atoms. The molecule has 0 aliphatic heterocycles. The van der Waals surface area contributed by atoms with Crippen LogP contribution in [0.1, 0.15) is 32.6 Å². The molecule has 0 saturated heterocycles.